The highest BCUT2D eigenvalue weighted by atomic mass is 79.9. The van der Waals surface area contributed by atoms with Crippen LogP contribution in [0.5, 0.6) is 0 Å². The normalized spacial score (nSPS) is 12.4. The Balaban J connectivity index is 2.21. The summed E-state index contributed by atoms with van der Waals surface area (Å²) in [6.07, 6.45) is 1.81. The number of hydrogen-bond acceptors (Lipinski definition) is 1. The Labute approximate surface area is 128 Å². The zero-order valence-electron chi connectivity index (χ0n) is 11.8. The molecule has 0 saturated carbocycles. The molecule has 1 nitrogen and oxygen atoms in total. The number of benzene rings is 2. The van der Waals surface area contributed by atoms with Crippen molar-refractivity contribution in [3.8, 4) is 0 Å². The van der Waals surface area contributed by atoms with E-state index in [4.69, 9.17) is 0 Å². The summed E-state index contributed by atoms with van der Waals surface area (Å²) in [4.78, 5) is 0. The first-order valence-corrected chi connectivity index (χ1v) is 7.63. The molecule has 0 saturated heterocycles. The van der Waals surface area contributed by atoms with Crippen molar-refractivity contribution in [2.75, 3.05) is 7.05 Å². The van der Waals surface area contributed by atoms with Gasteiger partial charge >= 0.3 is 0 Å². The molecular weight excluding hydrogens is 317 g/mol. The molecule has 0 amide bonds. The monoisotopic (exact) mass is 335 g/mol. The standard InChI is InChI=1S/C17H19BrFN/c1-3-12-4-6-13(7-5-12)10-17(20-2)15-11-14(18)8-9-16(15)19/h4-9,11,17,20H,3,10H2,1-2H3. The number of hydrogen-bond donors (Lipinski definition) is 1. The third kappa shape index (κ3) is 3.68. The smallest absolute Gasteiger partial charge is 0.128 e. The highest BCUT2D eigenvalue weighted by Crippen LogP contribution is 2.24. The minimum Gasteiger partial charge on any atom is -0.313 e. The fraction of sp³-hybridized carbons (Fsp3) is 0.294. The molecule has 0 bridgehead atoms. The number of likely N-dealkylation sites (N-methyl/N-ethyl adjacent to an activating group) is 1. The molecule has 1 unspecified atom stereocenters. The zero-order valence-corrected chi connectivity index (χ0v) is 13.4. The van der Waals surface area contributed by atoms with E-state index in [1.165, 1.54) is 17.2 Å². The van der Waals surface area contributed by atoms with Gasteiger partial charge in [-0.1, -0.05) is 47.1 Å². The van der Waals surface area contributed by atoms with Crippen LogP contribution in [-0.4, -0.2) is 7.05 Å². The van der Waals surface area contributed by atoms with Crippen molar-refractivity contribution in [2.45, 2.75) is 25.8 Å². The van der Waals surface area contributed by atoms with E-state index in [-0.39, 0.29) is 11.9 Å². The number of nitrogens with one attached hydrogen (secondary N) is 1. The maximum atomic E-state index is 14.0. The summed E-state index contributed by atoms with van der Waals surface area (Å²) in [5.74, 6) is -0.169. The van der Waals surface area contributed by atoms with Gasteiger partial charge in [0.25, 0.3) is 0 Å². The van der Waals surface area contributed by atoms with Crippen LogP contribution in [0.2, 0.25) is 0 Å². The van der Waals surface area contributed by atoms with Gasteiger partial charge in [0, 0.05) is 16.1 Å². The molecule has 2 rings (SSSR count). The second-order valence-corrected chi connectivity index (χ2v) is 5.80. The Morgan fingerprint density at radius 2 is 1.75 bits per heavy atom. The molecule has 0 aliphatic heterocycles. The predicted octanol–water partition coefficient (Wildman–Crippen LogP) is 4.65. The minimum atomic E-state index is -0.169. The van der Waals surface area contributed by atoms with Crippen LogP contribution in [0.1, 0.15) is 29.7 Å². The SMILES string of the molecule is CCc1ccc(CC(NC)c2cc(Br)ccc2F)cc1. The first-order valence-electron chi connectivity index (χ1n) is 6.84. The Morgan fingerprint density at radius 1 is 1.10 bits per heavy atom. The topological polar surface area (TPSA) is 12.0 Å². The maximum absolute atomic E-state index is 14.0. The Hall–Kier alpha value is -1.19. The van der Waals surface area contributed by atoms with E-state index in [2.05, 4.69) is 52.4 Å². The minimum absolute atomic E-state index is 0.0278. The van der Waals surface area contributed by atoms with E-state index in [1.807, 2.05) is 13.1 Å². The lowest BCUT2D eigenvalue weighted by Gasteiger charge is -2.18. The Bertz CT molecular complexity index is 566. The largest absolute Gasteiger partial charge is 0.313 e. The van der Waals surface area contributed by atoms with Gasteiger partial charge in [0.1, 0.15) is 5.82 Å². The van der Waals surface area contributed by atoms with Gasteiger partial charge in [0.15, 0.2) is 0 Å². The first kappa shape index (κ1) is 15.2. The van der Waals surface area contributed by atoms with Crippen LogP contribution in [0.15, 0.2) is 46.9 Å². The fourth-order valence-corrected chi connectivity index (χ4v) is 2.67. The summed E-state index contributed by atoms with van der Waals surface area (Å²) >= 11 is 3.40. The van der Waals surface area contributed by atoms with Gasteiger partial charge in [-0.05, 0) is 49.2 Å². The van der Waals surface area contributed by atoms with Gasteiger partial charge in [-0.25, -0.2) is 4.39 Å². The first-order chi connectivity index (χ1) is 9.63. The number of halogens is 2. The third-order valence-electron chi connectivity index (χ3n) is 3.55. The van der Waals surface area contributed by atoms with E-state index in [1.54, 1.807) is 6.07 Å². The lowest BCUT2D eigenvalue weighted by atomic mass is 9.97. The molecule has 0 aliphatic carbocycles. The van der Waals surface area contributed by atoms with Gasteiger partial charge in [0.05, 0.1) is 0 Å². The molecule has 106 valence electrons. The lowest BCUT2D eigenvalue weighted by molar-refractivity contribution is 0.533. The summed E-state index contributed by atoms with van der Waals surface area (Å²) < 4.78 is 14.9. The number of rotatable bonds is 5. The third-order valence-corrected chi connectivity index (χ3v) is 4.05. The molecular formula is C17H19BrFN. The quantitative estimate of drug-likeness (QED) is 0.838. The van der Waals surface area contributed by atoms with E-state index in [0.717, 1.165) is 17.3 Å². The maximum Gasteiger partial charge on any atom is 0.128 e. The average Bonchev–Trinajstić information content (AvgIpc) is 2.48. The summed E-state index contributed by atoms with van der Waals surface area (Å²) in [6, 6.07) is 13.6. The lowest BCUT2D eigenvalue weighted by Crippen LogP contribution is -2.20. The van der Waals surface area contributed by atoms with Crippen molar-refractivity contribution in [1.29, 1.82) is 0 Å². The van der Waals surface area contributed by atoms with Crippen LogP contribution in [0.3, 0.4) is 0 Å². The van der Waals surface area contributed by atoms with Crippen molar-refractivity contribution in [3.63, 3.8) is 0 Å². The van der Waals surface area contributed by atoms with Gasteiger partial charge in [0.2, 0.25) is 0 Å². The highest BCUT2D eigenvalue weighted by molar-refractivity contribution is 9.10. The molecule has 0 aliphatic rings. The molecule has 1 atom stereocenters. The molecule has 0 heterocycles. The predicted molar refractivity (Wildman–Crippen MR) is 85.4 cm³/mol. The van der Waals surface area contributed by atoms with E-state index >= 15 is 0 Å². The molecule has 0 aromatic heterocycles. The average molecular weight is 336 g/mol. The molecule has 3 heteroatoms. The molecule has 20 heavy (non-hydrogen) atoms. The highest BCUT2D eigenvalue weighted by Gasteiger charge is 2.15. The van der Waals surface area contributed by atoms with Crippen molar-refractivity contribution < 1.29 is 4.39 Å². The summed E-state index contributed by atoms with van der Waals surface area (Å²) in [7, 11) is 1.87. The van der Waals surface area contributed by atoms with Crippen LogP contribution in [-0.2, 0) is 12.8 Å². The van der Waals surface area contributed by atoms with Crippen molar-refractivity contribution >= 4 is 15.9 Å². The van der Waals surface area contributed by atoms with E-state index < -0.39 is 0 Å². The zero-order chi connectivity index (χ0) is 14.5. The summed E-state index contributed by atoms with van der Waals surface area (Å²) in [5, 5.41) is 3.20. The molecule has 0 spiro atoms. The van der Waals surface area contributed by atoms with Crippen molar-refractivity contribution in [3.05, 3.63) is 69.4 Å². The van der Waals surface area contributed by atoms with Gasteiger partial charge < -0.3 is 5.32 Å². The van der Waals surface area contributed by atoms with Crippen LogP contribution in [0, 0.1) is 5.82 Å². The molecule has 0 fully saturated rings. The molecule has 0 radical (unpaired) electrons. The molecule has 2 aromatic rings. The van der Waals surface area contributed by atoms with Crippen LogP contribution >= 0.6 is 15.9 Å². The molecule has 2 aromatic carbocycles. The van der Waals surface area contributed by atoms with E-state index in [9.17, 15) is 4.39 Å². The fourth-order valence-electron chi connectivity index (χ4n) is 2.30. The summed E-state index contributed by atoms with van der Waals surface area (Å²) in [6.45, 7) is 2.14. The van der Waals surface area contributed by atoms with Gasteiger partial charge in [-0.2, -0.15) is 0 Å². The second kappa shape index (κ2) is 7.00. The van der Waals surface area contributed by atoms with Crippen LogP contribution in [0.4, 0.5) is 4.39 Å². The van der Waals surface area contributed by atoms with Crippen LogP contribution in [0.25, 0.3) is 0 Å². The molecule has 1 N–H and O–H groups in total. The van der Waals surface area contributed by atoms with Crippen LogP contribution < -0.4 is 5.32 Å². The van der Waals surface area contributed by atoms with E-state index in [0.29, 0.717) is 5.56 Å². The van der Waals surface area contributed by atoms with Gasteiger partial charge in [-0.3, -0.25) is 0 Å². The van der Waals surface area contributed by atoms with Crippen molar-refractivity contribution in [2.24, 2.45) is 0 Å². The summed E-state index contributed by atoms with van der Waals surface area (Å²) in [5.41, 5.74) is 3.23. The number of aryl methyl sites for hydroxylation is 1. The van der Waals surface area contributed by atoms with Crippen molar-refractivity contribution in [1.82, 2.24) is 5.32 Å². The Kier molecular flexibility index (Phi) is 5.32. The van der Waals surface area contributed by atoms with Gasteiger partial charge in [-0.15, -0.1) is 0 Å². The Morgan fingerprint density at radius 3 is 2.35 bits per heavy atom. The second-order valence-electron chi connectivity index (χ2n) is 4.88.